The lowest BCUT2D eigenvalue weighted by Gasteiger charge is -2.16. The van der Waals surface area contributed by atoms with E-state index < -0.39 is 17.7 Å². The first-order valence-corrected chi connectivity index (χ1v) is 5.74. The van der Waals surface area contributed by atoms with Crippen molar-refractivity contribution in [3.63, 3.8) is 0 Å². The Hall–Kier alpha value is -2.36. The van der Waals surface area contributed by atoms with Crippen LogP contribution < -0.4 is 0 Å². The number of phenolic OH excluding ortho intramolecular Hbond substituents is 1. The number of ether oxygens (including phenoxy) is 1. The first kappa shape index (κ1) is 13.1. The fraction of sp³-hybridized carbons (Fsp3) is 0.133. The summed E-state index contributed by atoms with van der Waals surface area (Å²) in [5.41, 5.74) is 0.827. The van der Waals surface area contributed by atoms with Gasteiger partial charge in [0.25, 0.3) is 0 Å². The largest absolute Gasteiger partial charge is 0.508 e. The Balaban J connectivity index is 2.55. The average Bonchev–Trinajstić information content (AvgIpc) is 2.44. The van der Waals surface area contributed by atoms with E-state index in [0.717, 1.165) is 12.1 Å². The third kappa shape index (κ3) is 2.73. The van der Waals surface area contributed by atoms with Gasteiger partial charge in [0.1, 0.15) is 17.5 Å². The molecule has 4 heteroatoms. The Morgan fingerprint density at radius 2 is 1.89 bits per heavy atom. The molecular formula is C15H13FO3. The number of esters is 1. The number of methoxy groups -OCH3 is 1. The topological polar surface area (TPSA) is 46.5 Å². The highest BCUT2D eigenvalue weighted by molar-refractivity contribution is 5.83. The summed E-state index contributed by atoms with van der Waals surface area (Å²) in [6.07, 6.45) is 0. The molecule has 1 unspecified atom stereocenters. The lowest BCUT2D eigenvalue weighted by Crippen LogP contribution is -2.16. The van der Waals surface area contributed by atoms with Gasteiger partial charge < -0.3 is 9.84 Å². The maximum absolute atomic E-state index is 13.3. The molecule has 0 aliphatic rings. The number of hydrogen-bond acceptors (Lipinski definition) is 3. The van der Waals surface area contributed by atoms with Crippen molar-refractivity contribution in [1.82, 2.24) is 0 Å². The number of hydrogen-bond donors (Lipinski definition) is 1. The minimum atomic E-state index is -0.845. The molecular weight excluding hydrogens is 247 g/mol. The highest BCUT2D eigenvalue weighted by Crippen LogP contribution is 2.32. The van der Waals surface area contributed by atoms with E-state index in [0.29, 0.717) is 5.56 Å². The summed E-state index contributed by atoms with van der Waals surface area (Å²) in [6, 6.07) is 12.3. The Morgan fingerprint density at radius 3 is 2.53 bits per heavy atom. The first-order chi connectivity index (χ1) is 9.13. The highest BCUT2D eigenvalue weighted by atomic mass is 19.1. The third-order valence-electron chi connectivity index (χ3n) is 2.87. The molecule has 19 heavy (non-hydrogen) atoms. The summed E-state index contributed by atoms with van der Waals surface area (Å²) in [5, 5.41) is 9.84. The summed E-state index contributed by atoms with van der Waals surface area (Å²) in [7, 11) is 1.26. The van der Waals surface area contributed by atoms with Crippen LogP contribution in [0.5, 0.6) is 5.75 Å². The zero-order valence-electron chi connectivity index (χ0n) is 10.3. The quantitative estimate of drug-likeness (QED) is 0.863. The van der Waals surface area contributed by atoms with Gasteiger partial charge in [-0.3, -0.25) is 4.79 Å². The number of phenols is 1. The van der Waals surface area contributed by atoms with E-state index >= 15 is 0 Å². The predicted molar refractivity (Wildman–Crippen MR) is 68.4 cm³/mol. The summed E-state index contributed by atoms with van der Waals surface area (Å²) in [6.45, 7) is 0. The number of aromatic hydroxyl groups is 1. The van der Waals surface area contributed by atoms with Crippen LogP contribution in [0.15, 0.2) is 48.5 Å². The van der Waals surface area contributed by atoms with Crippen LogP contribution in [0.25, 0.3) is 0 Å². The second kappa shape index (κ2) is 5.52. The molecule has 0 saturated heterocycles. The van der Waals surface area contributed by atoms with Gasteiger partial charge in [0.05, 0.1) is 7.11 Å². The van der Waals surface area contributed by atoms with E-state index in [4.69, 9.17) is 4.74 Å². The smallest absolute Gasteiger partial charge is 0.317 e. The number of carbonyl (C=O) groups is 1. The highest BCUT2D eigenvalue weighted by Gasteiger charge is 2.26. The number of benzene rings is 2. The Kier molecular flexibility index (Phi) is 3.80. The van der Waals surface area contributed by atoms with Gasteiger partial charge in [0, 0.05) is 5.56 Å². The molecule has 0 aliphatic carbocycles. The normalized spacial score (nSPS) is 11.9. The predicted octanol–water partition coefficient (Wildman–Crippen LogP) is 2.84. The number of carbonyl (C=O) groups excluding carboxylic acids is 1. The molecule has 0 amide bonds. The van der Waals surface area contributed by atoms with Crippen LogP contribution in [0.2, 0.25) is 0 Å². The van der Waals surface area contributed by atoms with E-state index in [9.17, 15) is 14.3 Å². The Bertz CT molecular complexity index is 581. The molecule has 0 radical (unpaired) electrons. The number of rotatable bonds is 3. The van der Waals surface area contributed by atoms with Crippen LogP contribution in [0.1, 0.15) is 17.0 Å². The molecule has 3 nitrogen and oxygen atoms in total. The molecule has 0 spiro atoms. The van der Waals surface area contributed by atoms with Crippen LogP contribution in [0.3, 0.4) is 0 Å². The van der Waals surface area contributed by atoms with Crippen molar-refractivity contribution in [3.05, 3.63) is 65.5 Å². The van der Waals surface area contributed by atoms with Crippen molar-refractivity contribution < 1.29 is 19.0 Å². The molecule has 1 N–H and O–H groups in total. The van der Waals surface area contributed by atoms with Crippen molar-refractivity contribution in [1.29, 1.82) is 0 Å². The van der Waals surface area contributed by atoms with Gasteiger partial charge in [0.15, 0.2) is 0 Å². The fourth-order valence-electron chi connectivity index (χ4n) is 1.96. The summed E-state index contributed by atoms with van der Waals surface area (Å²) in [4.78, 5) is 11.9. The van der Waals surface area contributed by atoms with Crippen molar-refractivity contribution in [2.75, 3.05) is 7.11 Å². The zero-order chi connectivity index (χ0) is 13.8. The molecule has 0 saturated carbocycles. The maximum atomic E-state index is 13.3. The van der Waals surface area contributed by atoms with Crippen LogP contribution >= 0.6 is 0 Å². The Morgan fingerprint density at radius 1 is 1.21 bits per heavy atom. The van der Waals surface area contributed by atoms with E-state index in [1.54, 1.807) is 24.3 Å². The summed E-state index contributed by atoms with van der Waals surface area (Å²) >= 11 is 0. The minimum absolute atomic E-state index is 0.138. The second-order valence-corrected chi connectivity index (χ2v) is 4.07. The maximum Gasteiger partial charge on any atom is 0.317 e. The van der Waals surface area contributed by atoms with Crippen LogP contribution in [0.4, 0.5) is 4.39 Å². The van der Waals surface area contributed by atoms with E-state index in [1.165, 1.54) is 13.2 Å². The SMILES string of the molecule is COC(=O)C(c1ccccc1)c1cc(F)ccc1O. The third-order valence-corrected chi connectivity index (χ3v) is 2.87. The molecule has 2 rings (SSSR count). The van der Waals surface area contributed by atoms with E-state index in [1.807, 2.05) is 6.07 Å². The van der Waals surface area contributed by atoms with Crippen LogP contribution in [-0.2, 0) is 9.53 Å². The van der Waals surface area contributed by atoms with Crippen molar-refractivity contribution in [2.24, 2.45) is 0 Å². The fourth-order valence-corrected chi connectivity index (χ4v) is 1.96. The second-order valence-electron chi connectivity index (χ2n) is 4.07. The lowest BCUT2D eigenvalue weighted by molar-refractivity contribution is -0.141. The van der Waals surface area contributed by atoms with Crippen molar-refractivity contribution in [2.45, 2.75) is 5.92 Å². The standard InChI is InChI=1S/C15H13FO3/c1-19-15(18)14(10-5-3-2-4-6-10)12-9-11(16)7-8-13(12)17/h2-9,14,17H,1H3. The van der Waals surface area contributed by atoms with Gasteiger partial charge in [-0.1, -0.05) is 30.3 Å². The lowest BCUT2D eigenvalue weighted by atomic mass is 9.90. The zero-order valence-corrected chi connectivity index (χ0v) is 10.3. The molecule has 0 bridgehead atoms. The average molecular weight is 260 g/mol. The van der Waals surface area contributed by atoms with Crippen LogP contribution in [0, 0.1) is 5.82 Å². The monoisotopic (exact) mass is 260 g/mol. The molecule has 98 valence electrons. The molecule has 1 atom stereocenters. The van der Waals surface area contributed by atoms with Gasteiger partial charge in [-0.05, 0) is 23.8 Å². The number of halogens is 1. The van der Waals surface area contributed by atoms with Gasteiger partial charge in [-0.2, -0.15) is 0 Å². The summed E-state index contributed by atoms with van der Waals surface area (Å²) in [5.74, 6) is -2.05. The van der Waals surface area contributed by atoms with Gasteiger partial charge >= 0.3 is 5.97 Å². The van der Waals surface area contributed by atoms with Gasteiger partial charge in [-0.15, -0.1) is 0 Å². The summed E-state index contributed by atoms with van der Waals surface area (Å²) < 4.78 is 18.1. The van der Waals surface area contributed by atoms with Crippen molar-refractivity contribution in [3.8, 4) is 5.75 Å². The molecule has 0 fully saturated rings. The van der Waals surface area contributed by atoms with E-state index in [-0.39, 0.29) is 11.3 Å². The van der Waals surface area contributed by atoms with Crippen molar-refractivity contribution >= 4 is 5.97 Å². The minimum Gasteiger partial charge on any atom is -0.508 e. The Labute approximate surface area is 110 Å². The van der Waals surface area contributed by atoms with Gasteiger partial charge in [-0.25, -0.2) is 4.39 Å². The first-order valence-electron chi connectivity index (χ1n) is 5.74. The molecule has 2 aromatic rings. The molecule has 0 aromatic heterocycles. The molecule has 0 aliphatic heterocycles. The van der Waals surface area contributed by atoms with Gasteiger partial charge in [0.2, 0.25) is 0 Å². The van der Waals surface area contributed by atoms with Crippen LogP contribution in [-0.4, -0.2) is 18.2 Å². The molecule has 0 heterocycles. The van der Waals surface area contributed by atoms with E-state index in [2.05, 4.69) is 0 Å². The molecule has 2 aromatic carbocycles.